The Bertz CT molecular complexity index is 524. The Hall–Kier alpha value is -1.10. The number of rotatable bonds is 4. The molecule has 2 heterocycles. The van der Waals surface area contributed by atoms with Crippen molar-refractivity contribution in [3.8, 4) is 0 Å². The molecule has 3 rings (SSSR count). The van der Waals surface area contributed by atoms with Gasteiger partial charge in [-0.05, 0) is 25.7 Å². The lowest BCUT2D eigenvalue weighted by molar-refractivity contribution is -0.142. The van der Waals surface area contributed by atoms with E-state index < -0.39 is 0 Å². The van der Waals surface area contributed by atoms with Crippen LogP contribution >= 0.6 is 24.0 Å². The number of nitrogens with zero attached hydrogens (tertiary/aromatic N) is 4. The molecule has 2 amide bonds. The van der Waals surface area contributed by atoms with Crippen LogP contribution in [0.5, 0.6) is 0 Å². The van der Waals surface area contributed by atoms with Crippen molar-refractivity contribution in [3.63, 3.8) is 0 Å². The third-order valence-corrected chi connectivity index (χ3v) is 4.87. The zero-order chi connectivity index (χ0) is 17.8. The number of guanidine groups is 1. The Labute approximate surface area is 172 Å². The second-order valence-corrected chi connectivity index (χ2v) is 7.16. The minimum absolute atomic E-state index is 0. The first-order chi connectivity index (χ1) is 12.0. The van der Waals surface area contributed by atoms with Gasteiger partial charge in [-0.3, -0.25) is 9.59 Å². The van der Waals surface area contributed by atoms with Crippen LogP contribution in [-0.2, 0) is 14.3 Å². The molecule has 1 saturated carbocycles. The summed E-state index contributed by atoms with van der Waals surface area (Å²) >= 11 is 0. The van der Waals surface area contributed by atoms with Crippen molar-refractivity contribution in [2.24, 2.45) is 4.99 Å². The van der Waals surface area contributed by atoms with E-state index in [-0.39, 0.29) is 48.4 Å². The van der Waals surface area contributed by atoms with Crippen molar-refractivity contribution in [3.05, 3.63) is 0 Å². The van der Waals surface area contributed by atoms with Crippen molar-refractivity contribution in [1.29, 1.82) is 0 Å². The standard InChI is InChI=1S/C17H29N5O3.HI/c1-20(2)15(23)12-18-17(19-13-5-6-13)22-9-7-21(8-10-22)16(24)14-4-3-11-25-14;/h13-14H,3-12H2,1-2H3,(H,18,19);1H. The van der Waals surface area contributed by atoms with Gasteiger partial charge in [-0.2, -0.15) is 0 Å². The molecule has 148 valence electrons. The van der Waals surface area contributed by atoms with Crippen LogP contribution in [0.15, 0.2) is 4.99 Å². The van der Waals surface area contributed by atoms with Gasteiger partial charge in [-0.1, -0.05) is 0 Å². The molecule has 26 heavy (non-hydrogen) atoms. The number of carbonyl (C=O) groups is 2. The second kappa shape index (κ2) is 9.72. The fourth-order valence-electron chi connectivity index (χ4n) is 3.05. The fourth-order valence-corrected chi connectivity index (χ4v) is 3.05. The summed E-state index contributed by atoms with van der Waals surface area (Å²) in [6.07, 6.45) is 3.86. The van der Waals surface area contributed by atoms with E-state index in [2.05, 4.69) is 15.2 Å². The summed E-state index contributed by atoms with van der Waals surface area (Å²) in [5, 5.41) is 3.43. The molecule has 0 aromatic heterocycles. The number of ether oxygens (including phenoxy) is 1. The summed E-state index contributed by atoms with van der Waals surface area (Å²) in [5.41, 5.74) is 0. The molecule has 1 atom stereocenters. The summed E-state index contributed by atoms with van der Waals surface area (Å²) in [7, 11) is 3.47. The van der Waals surface area contributed by atoms with Gasteiger partial charge in [-0.15, -0.1) is 24.0 Å². The van der Waals surface area contributed by atoms with Crippen molar-refractivity contribution in [1.82, 2.24) is 20.0 Å². The normalized spacial score (nSPS) is 23.5. The van der Waals surface area contributed by atoms with Crippen LogP contribution in [0.1, 0.15) is 25.7 Å². The largest absolute Gasteiger partial charge is 0.368 e. The predicted molar refractivity (Wildman–Crippen MR) is 110 cm³/mol. The quantitative estimate of drug-likeness (QED) is 0.353. The Morgan fingerprint density at radius 1 is 1.12 bits per heavy atom. The first-order valence-electron chi connectivity index (χ1n) is 9.21. The van der Waals surface area contributed by atoms with E-state index in [4.69, 9.17) is 4.74 Å². The molecule has 0 radical (unpaired) electrons. The SMILES string of the molecule is CN(C)C(=O)CN=C(NC1CC1)N1CCN(C(=O)C2CCCO2)CC1.I. The third-order valence-electron chi connectivity index (χ3n) is 4.87. The third kappa shape index (κ3) is 5.70. The number of amides is 2. The molecule has 1 N–H and O–H groups in total. The molecule has 2 saturated heterocycles. The number of carbonyl (C=O) groups excluding carboxylic acids is 2. The second-order valence-electron chi connectivity index (χ2n) is 7.16. The summed E-state index contributed by atoms with van der Waals surface area (Å²) in [6.45, 7) is 3.65. The maximum Gasteiger partial charge on any atom is 0.251 e. The molecule has 0 aromatic carbocycles. The van der Waals surface area contributed by atoms with Gasteiger partial charge >= 0.3 is 0 Å². The molecular formula is C17H30IN5O3. The number of hydrogen-bond donors (Lipinski definition) is 1. The Kier molecular flexibility index (Phi) is 7.93. The van der Waals surface area contributed by atoms with Gasteiger partial charge in [-0.25, -0.2) is 4.99 Å². The van der Waals surface area contributed by atoms with Gasteiger partial charge in [0.15, 0.2) is 5.96 Å². The lowest BCUT2D eigenvalue weighted by atomic mass is 10.2. The van der Waals surface area contributed by atoms with Crippen LogP contribution < -0.4 is 5.32 Å². The average Bonchev–Trinajstić information content (AvgIpc) is 3.27. The Morgan fingerprint density at radius 3 is 2.31 bits per heavy atom. The monoisotopic (exact) mass is 479 g/mol. The van der Waals surface area contributed by atoms with Gasteiger partial charge in [0, 0.05) is 52.9 Å². The van der Waals surface area contributed by atoms with E-state index in [0.29, 0.717) is 25.7 Å². The van der Waals surface area contributed by atoms with E-state index >= 15 is 0 Å². The number of likely N-dealkylation sites (N-methyl/N-ethyl adjacent to an activating group) is 1. The zero-order valence-electron chi connectivity index (χ0n) is 15.6. The molecule has 3 aliphatic rings. The Morgan fingerprint density at radius 2 is 1.77 bits per heavy atom. The number of halogens is 1. The van der Waals surface area contributed by atoms with Gasteiger partial charge in [0.1, 0.15) is 12.6 Å². The van der Waals surface area contributed by atoms with Crippen LogP contribution in [0.2, 0.25) is 0 Å². The van der Waals surface area contributed by atoms with Gasteiger partial charge in [0.2, 0.25) is 5.91 Å². The highest BCUT2D eigenvalue weighted by Gasteiger charge is 2.32. The van der Waals surface area contributed by atoms with Gasteiger partial charge in [0.05, 0.1) is 0 Å². The lowest BCUT2D eigenvalue weighted by Gasteiger charge is -2.37. The number of piperazine rings is 1. The highest BCUT2D eigenvalue weighted by molar-refractivity contribution is 14.0. The molecule has 2 aliphatic heterocycles. The molecule has 3 fully saturated rings. The minimum atomic E-state index is -0.248. The van der Waals surface area contributed by atoms with E-state index in [1.54, 1.807) is 19.0 Å². The molecule has 0 aromatic rings. The average molecular weight is 479 g/mol. The smallest absolute Gasteiger partial charge is 0.251 e. The van der Waals surface area contributed by atoms with E-state index in [0.717, 1.165) is 44.7 Å². The minimum Gasteiger partial charge on any atom is -0.368 e. The van der Waals surface area contributed by atoms with E-state index in [1.807, 2.05) is 4.90 Å². The first-order valence-corrected chi connectivity index (χ1v) is 9.21. The summed E-state index contributed by atoms with van der Waals surface area (Å²) < 4.78 is 5.51. The predicted octanol–water partition coefficient (Wildman–Crippen LogP) is 0.124. The summed E-state index contributed by atoms with van der Waals surface area (Å²) in [5.74, 6) is 0.901. The maximum absolute atomic E-state index is 12.4. The maximum atomic E-state index is 12.4. The van der Waals surface area contributed by atoms with Crippen LogP contribution in [-0.4, -0.2) is 98.0 Å². The van der Waals surface area contributed by atoms with Crippen molar-refractivity contribution < 1.29 is 14.3 Å². The first kappa shape index (κ1) is 21.2. The zero-order valence-corrected chi connectivity index (χ0v) is 18.0. The molecule has 0 bridgehead atoms. The molecule has 1 unspecified atom stereocenters. The van der Waals surface area contributed by atoms with Crippen LogP contribution in [0.25, 0.3) is 0 Å². The molecule has 0 spiro atoms. The van der Waals surface area contributed by atoms with Crippen LogP contribution in [0.3, 0.4) is 0 Å². The highest BCUT2D eigenvalue weighted by Crippen LogP contribution is 2.20. The number of nitrogens with one attached hydrogen (secondary N) is 1. The Balaban J connectivity index is 0.00000243. The summed E-state index contributed by atoms with van der Waals surface area (Å²) in [6, 6.07) is 0.472. The van der Waals surface area contributed by atoms with Crippen molar-refractivity contribution >= 4 is 41.8 Å². The van der Waals surface area contributed by atoms with Crippen molar-refractivity contribution in [2.45, 2.75) is 37.8 Å². The van der Waals surface area contributed by atoms with Crippen molar-refractivity contribution in [2.75, 3.05) is 53.4 Å². The highest BCUT2D eigenvalue weighted by atomic mass is 127. The molecule has 9 heteroatoms. The topological polar surface area (TPSA) is 77.5 Å². The van der Waals surface area contributed by atoms with E-state index in [1.165, 1.54) is 0 Å². The van der Waals surface area contributed by atoms with Gasteiger partial charge in [0.25, 0.3) is 5.91 Å². The van der Waals surface area contributed by atoms with Crippen LogP contribution in [0, 0.1) is 0 Å². The van der Waals surface area contributed by atoms with Gasteiger partial charge < -0.3 is 24.8 Å². The number of hydrogen-bond acceptors (Lipinski definition) is 4. The van der Waals surface area contributed by atoms with E-state index in [9.17, 15) is 9.59 Å². The summed E-state index contributed by atoms with van der Waals surface area (Å²) in [4.78, 5) is 34.4. The lowest BCUT2D eigenvalue weighted by Crippen LogP contribution is -2.55. The molecular weight excluding hydrogens is 449 g/mol. The fraction of sp³-hybridized carbons (Fsp3) is 0.824. The molecule has 8 nitrogen and oxygen atoms in total. The molecule has 1 aliphatic carbocycles. The number of aliphatic imine (C=N–C) groups is 1. The van der Waals surface area contributed by atoms with Crippen LogP contribution in [0.4, 0.5) is 0 Å².